The van der Waals surface area contributed by atoms with Gasteiger partial charge in [0.2, 0.25) is 11.8 Å². The van der Waals surface area contributed by atoms with Gasteiger partial charge in [-0.15, -0.1) is 0 Å². The monoisotopic (exact) mass is 404 g/mol. The molecule has 4 aliphatic carbocycles. The molecule has 4 rings (SSSR count). The number of rotatable bonds is 7. The van der Waals surface area contributed by atoms with Crippen LogP contribution in [0, 0.1) is 47.3 Å². The predicted octanol–water partition coefficient (Wildman–Crippen LogP) is -1.57. The highest BCUT2D eigenvalue weighted by Crippen LogP contribution is 2.53. The van der Waals surface area contributed by atoms with E-state index in [2.05, 4.69) is 10.6 Å². The van der Waals surface area contributed by atoms with Crippen LogP contribution in [0.1, 0.15) is 45.4 Å². The van der Waals surface area contributed by atoms with E-state index in [0.29, 0.717) is 0 Å². The third-order valence-electron chi connectivity index (χ3n) is 7.95. The molecule has 0 radical (unpaired) electrons. The number of carboxylic acids is 2. The van der Waals surface area contributed by atoms with Gasteiger partial charge in [0, 0.05) is 48.2 Å². The van der Waals surface area contributed by atoms with Crippen molar-refractivity contribution in [2.24, 2.45) is 47.3 Å². The van der Waals surface area contributed by atoms with Crippen molar-refractivity contribution in [3.63, 3.8) is 0 Å². The van der Waals surface area contributed by atoms with Crippen LogP contribution in [-0.4, -0.2) is 36.3 Å². The maximum Gasteiger partial charge on any atom is 0.224 e. The fourth-order valence-electron chi connectivity index (χ4n) is 6.78. The maximum atomic E-state index is 12.7. The molecule has 0 aromatic carbocycles. The lowest BCUT2D eigenvalue weighted by Crippen LogP contribution is -2.51. The topological polar surface area (TPSA) is 138 Å². The fourth-order valence-corrected chi connectivity index (χ4v) is 6.78. The first-order valence-electron chi connectivity index (χ1n) is 10.8. The summed E-state index contributed by atoms with van der Waals surface area (Å²) in [5, 5.41) is 28.6. The number of hydrogen-bond donors (Lipinski definition) is 2. The van der Waals surface area contributed by atoms with Gasteiger partial charge in [0.05, 0.1) is 0 Å². The lowest BCUT2D eigenvalue weighted by molar-refractivity contribution is -0.315. The van der Waals surface area contributed by atoms with E-state index < -0.39 is 35.6 Å². The lowest BCUT2D eigenvalue weighted by atomic mass is 9.78. The third-order valence-corrected chi connectivity index (χ3v) is 7.95. The number of aliphatic carboxylic acids is 2. The summed E-state index contributed by atoms with van der Waals surface area (Å²) in [6, 6.07) is -0.382. The van der Waals surface area contributed by atoms with Gasteiger partial charge < -0.3 is 30.4 Å². The van der Waals surface area contributed by atoms with Crippen LogP contribution >= 0.6 is 0 Å². The van der Waals surface area contributed by atoms with Crippen molar-refractivity contribution in [2.75, 3.05) is 6.54 Å². The zero-order chi connectivity index (χ0) is 20.9. The van der Waals surface area contributed by atoms with Gasteiger partial charge in [0.15, 0.2) is 0 Å². The van der Waals surface area contributed by atoms with Crippen molar-refractivity contribution in [1.29, 1.82) is 0 Å². The number of carbonyl (C=O) groups is 4. The quantitative estimate of drug-likeness (QED) is 0.526. The maximum absolute atomic E-state index is 12.7. The van der Waals surface area contributed by atoms with Gasteiger partial charge in [0.25, 0.3) is 0 Å². The Balaban J connectivity index is 1.30. The van der Waals surface area contributed by atoms with Crippen molar-refractivity contribution < 1.29 is 29.4 Å². The second-order valence-corrected chi connectivity index (χ2v) is 9.56. The lowest BCUT2D eigenvalue weighted by Gasteiger charge is -2.32. The Labute approximate surface area is 169 Å². The van der Waals surface area contributed by atoms with Gasteiger partial charge in [-0.1, -0.05) is 0 Å². The second-order valence-electron chi connectivity index (χ2n) is 9.56. The summed E-state index contributed by atoms with van der Waals surface area (Å²) >= 11 is 0. The van der Waals surface area contributed by atoms with Crippen LogP contribution in [0.5, 0.6) is 0 Å². The van der Waals surface area contributed by atoms with E-state index in [9.17, 15) is 29.4 Å². The summed E-state index contributed by atoms with van der Waals surface area (Å²) in [7, 11) is 0. The molecular weight excluding hydrogens is 376 g/mol. The highest BCUT2D eigenvalue weighted by atomic mass is 16.4. The highest BCUT2D eigenvalue weighted by molar-refractivity contribution is 5.87. The number of nitrogens with one attached hydrogen (secondary N) is 2. The smallest absolute Gasteiger partial charge is 0.224 e. The molecule has 4 saturated carbocycles. The van der Waals surface area contributed by atoms with Crippen LogP contribution in [0.25, 0.3) is 0 Å². The first-order chi connectivity index (χ1) is 13.8. The number of fused-ring (bicyclic) bond motifs is 4. The average molecular weight is 404 g/mol. The molecule has 160 valence electrons. The van der Waals surface area contributed by atoms with E-state index in [4.69, 9.17) is 0 Å². The standard InChI is InChI=1S/C21H30N2O6/c1-9(23-19(25)15-11-3-5-13(7-11)17(15)21(28)29)8-22-18(24)14-10-2-4-12(6-10)16(14)20(26)27/h9-17H,2-8H2,1H3,(H,22,24)(H,23,25)(H,26,27)(H,28,29)/p-2/t9-,10+,11+,12-,13-,14-,15+,16-,17-/m0/s1. The molecular formula is C21H28N2O6-2. The molecule has 4 bridgehead atoms. The minimum atomic E-state index is -1.15. The molecule has 0 heterocycles. The molecule has 8 heteroatoms. The first kappa shape index (κ1) is 20.2. The zero-order valence-corrected chi connectivity index (χ0v) is 16.6. The Morgan fingerprint density at radius 3 is 1.62 bits per heavy atom. The van der Waals surface area contributed by atoms with Gasteiger partial charge in [-0.25, -0.2) is 0 Å². The summed E-state index contributed by atoms with van der Waals surface area (Å²) in [6.45, 7) is 1.92. The summed E-state index contributed by atoms with van der Waals surface area (Å²) in [5.41, 5.74) is 0. The zero-order valence-electron chi connectivity index (χ0n) is 16.6. The van der Waals surface area contributed by atoms with Crippen molar-refractivity contribution in [3.8, 4) is 0 Å². The molecule has 8 nitrogen and oxygen atoms in total. The fraction of sp³-hybridized carbons (Fsp3) is 0.810. The third kappa shape index (κ3) is 3.51. The van der Waals surface area contributed by atoms with Crippen LogP contribution < -0.4 is 20.8 Å². The normalized spacial score (nSPS) is 40.6. The summed E-state index contributed by atoms with van der Waals surface area (Å²) in [4.78, 5) is 48.3. The van der Waals surface area contributed by atoms with E-state index in [1.54, 1.807) is 6.92 Å². The molecule has 0 aromatic rings. The number of hydrogen-bond acceptors (Lipinski definition) is 6. The van der Waals surface area contributed by atoms with Crippen molar-refractivity contribution >= 4 is 23.8 Å². The first-order valence-corrected chi connectivity index (χ1v) is 10.8. The Kier molecular flexibility index (Phi) is 5.29. The molecule has 0 aliphatic heterocycles. The predicted molar refractivity (Wildman–Crippen MR) is 96.3 cm³/mol. The Hall–Kier alpha value is -2.12. The van der Waals surface area contributed by atoms with E-state index in [1.165, 1.54) is 0 Å². The van der Waals surface area contributed by atoms with Crippen molar-refractivity contribution in [1.82, 2.24) is 10.6 Å². The Morgan fingerprint density at radius 1 is 0.759 bits per heavy atom. The molecule has 0 aromatic heterocycles. The SMILES string of the molecule is C[C@@H](CNC(=O)[C@H]1[C@@H]2CC[C@@H](C2)[C@@H]1C(=O)[O-])NC(=O)[C@@H]1[C@@H]2CC[C@@H](C2)[C@@H]1C(=O)[O-]. The minimum Gasteiger partial charge on any atom is -0.550 e. The molecule has 0 unspecified atom stereocenters. The van der Waals surface area contributed by atoms with Crippen molar-refractivity contribution in [2.45, 2.75) is 51.5 Å². The van der Waals surface area contributed by atoms with Gasteiger partial charge in [0.1, 0.15) is 0 Å². The molecule has 2 N–H and O–H groups in total. The Morgan fingerprint density at radius 2 is 1.17 bits per heavy atom. The highest BCUT2D eigenvalue weighted by Gasteiger charge is 2.52. The summed E-state index contributed by atoms with van der Waals surface area (Å²) in [6.07, 6.45) is 4.93. The van der Waals surface area contributed by atoms with Gasteiger partial charge >= 0.3 is 0 Å². The number of carboxylic acid groups (broad SMARTS) is 2. The van der Waals surface area contributed by atoms with E-state index in [0.717, 1.165) is 38.5 Å². The van der Waals surface area contributed by atoms with E-state index in [1.807, 2.05) is 0 Å². The number of amides is 2. The molecule has 0 spiro atoms. The summed E-state index contributed by atoms with van der Waals surface area (Å²) in [5.74, 6) is -5.24. The van der Waals surface area contributed by atoms with Gasteiger partial charge in [-0.2, -0.15) is 0 Å². The second kappa shape index (κ2) is 7.61. The molecule has 0 saturated heterocycles. The summed E-state index contributed by atoms with van der Waals surface area (Å²) < 4.78 is 0. The van der Waals surface area contributed by atoms with Crippen LogP contribution in [0.4, 0.5) is 0 Å². The van der Waals surface area contributed by atoms with Crippen molar-refractivity contribution in [3.05, 3.63) is 0 Å². The van der Waals surface area contributed by atoms with E-state index in [-0.39, 0.29) is 48.1 Å². The largest absolute Gasteiger partial charge is 0.550 e. The van der Waals surface area contributed by atoms with Gasteiger partial charge in [-0.3, -0.25) is 9.59 Å². The van der Waals surface area contributed by atoms with Crippen LogP contribution in [0.3, 0.4) is 0 Å². The average Bonchev–Trinajstić information content (AvgIpc) is 3.44. The molecule has 9 atom stereocenters. The Bertz CT molecular complexity index is 724. The number of carbonyl (C=O) groups excluding carboxylic acids is 4. The van der Waals surface area contributed by atoms with Crippen LogP contribution in [0.15, 0.2) is 0 Å². The van der Waals surface area contributed by atoms with Crippen LogP contribution in [-0.2, 0) is 19.2 Å². The minimum absolute atomic E-state index is 0.0232. The molecule has 4 aliphatic rings. The molecule has 4 fully saturated rings. The van der Waals surface area contributed by atoms with E-state index >= 15 is 0 Å². The molecule has 29 heavy (non-hydrogen) atoms. The van der Waals surface area contributed by atoms with Crippen LogP contribution in [0.2, 0.25) is 0 Å². The van der Waals surface area contributed by atoms with Gasteiger partial charge in [-0.05, 0) is 69.1 Å². The molecule has 2 amide bonds.